The van der Waals surface area contributed by atoms with Crippen molar-refractivity contribution >= 4 is 17.3 Å². The number of aryl methyl sites for hydroxylation is 1. The number of morpholine rings is 1. The van der Waals surface area contributed by atoms with Crippen LogP contribution in [0.2, 0.25) is 0 Å². The number of nitrogens with one attached hydrogen (secondary N) is 2. The lowest BCUT2D eigenvalue weighted by Gasteiger charge is -2.35. The number of ether oxygens (including phenoxy) is 1. The van der Waals surface area contributed by atoms with E-state index in [4.69, 9.17) is 4.74 Å². The van der Waals surface area contributed by atoms with Gasteiger partial charge in [0.05, 0.1) is 25.8 Å². The van der Waals surface area contributed by atoms with E-state index in [9.17, 15) is 4.39 Å². The number of benzene rings is 1. The van der Waals surface area contributed by atoms with Gasteiger partial charge in [-0.1, -0.05) is 12.1 Å². The normalized spacial score (nSPS) is 16.9. The third-order valence-corrected chi connectivity index (χ3v) is 5.65. The Balaban J connectivity index is 1.62. The van der Waals surface area contributed by atoms with Gasteiger partial charge in [0, 0.05) is 36.4 Å². The minimum atomic E-state index is -0.212. The third kappa shape index (κ3) is 5.76. The highest BCUT2D eigenvalue weighted by Gasteiger charge is 2.23. The number of thiophene rings is 1. The maximum Gasteiger partial charge on any atom is 0.191 e. The van der Waals surface area contributed by atoms with Crippen molar-refractivity contribution in [2.24, 2.45) is 4.99 Å². The Morgan fingerprint density at radius 2 is 1.93 bits per heavy atom. The summed E-state index contributed by atoms with van der Waals surface area (Å²) in [5.74, 6) is 0.553. The highest BCUT2D eigenvalue weighted by atomic mass is 32.1. The summed E-state index contributed by atoms with van der Waals surface area (Å²) in [7, 11) is 1.77. The van der Waals surface area contributed by atoms with Gasteiger partial charge in [0.25, 0.3) is 0 Å². The maximum atomic E-state index is 13.3. The molecular formula is C20H27FN4OS. The fourth-order valence-electron chi connectivity index (χ4n) is 3.20. The summed E-state index contributed by atoms with van der Waals surface area (Å²) >= 11 is 1.78. The molecule has 1 aliphatic rings. The van der Waals surface area contributed by atoms with Crippen LogP contribution in [0.15, 0.2) is 41.4 Å². The van der Waals surface area contributed by atoms with Crippen LogP contribution in [0.4, 0.5) is 4.39 Å². The quantitative estimate of drug-likeness (QED) is 0.588. The Hall–Kier alpha value is -1.96. The molecule has 1 aromatic carbocycles. The number of guanidine groups is 1. The van der Waals surface area contributed by atoms with Gasteiger partial charge in [0.15, 0.2) is 5.96 Å². The molecule has 2 aromatic rings. The molecule has 0 aliphatic carbocycles. The second-order valence-electron chi connectivity index (χ2n) is 6.53. The molecule has 5 nitrogen and oxygen atoms in total. The number of hydrogen-bond acceptors (Lipinski definition) is 4. The molecule has 0 amide bonds. The van der Waals surface area contributed by atoms with Crippen molar-refractivity contribution in [2.45, 2.75) is 19.5 Å². The van der Waals surface area contributed by atoms with Crippen molar-refractivity contribution in [3.05, 3.63) is 57.5 Å². The molecule has 1 aromatic heterocycles. The zero-order chi connectivity index (χ0) is 19.1. The van der Waals surface area contributed by atoms with Gasteiger partial charge in [-0.25, -0.2) is 4.39 Å². The van der Waals surface area contributed by atoms with Crippen LogP contribution < -0.4 is 10.6 Å². The molecule has 146 valence electrons. The SMILES string of the molecule is CN=C(NCc1ccc(C)s1)NCC(c1ccc(F)cc1)N1CCOCC1. The van der Waals surface area contributed by atoms with Crippen LogP contribution in [0, 0.1) is 12.7 Å². The standard InChI is InChI=1S/C20H27FN4OS/c1-15-3-8-18(27-15)13-23-20(22-2)24-14-19(25-9-11-26-12-10-25)16-4-6-17(21)7-5-16/h3-8,19H,9-14H2,1-2H3,(H2,22,23,24). The third-order valence-electron chi connectivity index (χ3n) is 4.65. The van der Waals surface area contributed by atoms with Gasteiger partial charge in [0.1, 0.15) is 5.82 Å². The van der Waals surface area contributed by atoms with Crippen molar-refractivity contribution in [3.63, 3.8) is 0 Å². The molecule has 1 fully saturated rings. The van der Waals surface area contributed by atoms with Crippen molar-refractivity contribution < 1.29 is 9.13 Å². The van der Waals surface area contributed by atoms with Crippen molar-refractivity contribution in [1.29, 1.82) is 0 Å². The van der Waals surface area contributed by atoms with E-state index >= 15 is 0 Å². The molecule has 3 rings (SSSR count). The topological polar surface area (TPSA) is 48.9 Å². The highest BCUT2D eigenvalue weighted by Crippen LogP contribution is 2.21. The van der Waals surface area contributed by atoms with Crippen molar-refractivity contribution in [1.82, 2.24) is 15.5 Å². The Morgan fingerprint density at radius 3 is 2.56 bits per heavy atom. The molecule has 2 heterocycles. The molecule has 2 N–H and O–H groups in total. The molecule has 0 bridgehead atoms. The minimum absolute atomic E-state index is 0.136. The first-order valence-electron chi connectivity index (χ1n) is 9.23. The molecule has 1 saturated heterocycles. The first-order valence-corrected chi connectivity index (χ1v) is 10.0. The fraction of sp³-hybridized carbons (Fsp3) is 0.450. The first kappa shape index (κ1) is 19.8. The number of rotatable bonds is 6. The second-order valence-corrected chi connectivity index (χ2v) is 7.91. The lowest BCUT2D eigenvalue weighted by molar-refractivity contribution is 0.0170. The number of hydrogen-bond donors (Lipinski definition) is 2. The molecule has 0 saturated carbocycles. The van der Waals surface area contributed by atoms with Crippen LogP contribution in [0.25, 0.3) is 0 Å². The zero-order valence-corrected chi connectivity index (χ0v) is 16.7. The average Bonchev–Trinajstić information content (AvgIpc) is 3.11. The number of halogens is 1. The van der Waals surface area contributed by atoms with E-state index in [-0.39, 0.29) is 11.9 Å². The number of aliphatic imine (C=N–C) groups is 1. The smallest absolute Gasteiger partial charge is 0.191 e. The van der Waals surface area contributed by atoms with Gasteiger partial charge < -0.3 is 15.4 Å². The Morgan fingerprint density at radius 1 is 1.19 bits per heavy atom. The van der Waals surface area contributed by atoms with Crippen LogP contribution in [-0.2, 0) is 11.3 Å². The molecular weight excluding hydrogens is 363 g/mol. The molecule has 1 unspecified atom stereocenters. The average molecular weight is 391 g/mol. The Bertz CT molecular complexity index is 741. The Labute approximate surface area is 164 Å². The fourth-order valence-corrected chi connectivity index (χ4v) is 4.03. The molecule has 1 atom stereocenters. The maximum absolute atomic E-state index is 13.3. The molecule has 27 heavy (non-hydrogen) atoms. The second kappa shape index (κ2) is 9.82. The summed E-state index contributed by atoms with van der Waals surface area (Å²) in [6.07, 6.45) is 0. The number of nitrogens with zero attached hydrogens (tertiary/aromatic N) is 2. The summed E-state index contributed by atoms with van der Waals surface area (Å²) in [5, 5.41) is 6.79. The van der Waals surface area contributed by atoms with Crippen LogP contribution in [-0.4, -0.2) is 50.8 Å². The molecule has 1 aliphatic heterocycles. The van der Waals surface area contributed by atoms with Crippen molar-refractivity contribution in [2.75, 3.05) is 39.9 Å². The van der Waals surface area contributed by atoms with Gasteiger partial charge >= 0.3 is 0 Å². The van der Waals surface area contributed by atoms with Crippen LogP contribution in [0.5, 0.6) is 0 Å². The predicted octanol–water partition coefficient (Wildman–Crippen LogP) is 2.93. The zero-order valence-electron chi connectivity index (χ0n) is 15.9. The van der Waals surface area contributed by atoms with E-state index in [0.29, 0.717) is 6.54 Å². The van der Waals surface area contributed by atoms with Gasteiger partial charge in [-0.2, -0.15) is 0 Å². The van der Waals surface area contributed by atoms with Gasteiger partial charge in [-0.15, -0.1) is 11.3 Å². The monoisotopic (exact) mass is 390 g/mol. The van der Waals surface area contributed by atoms with Gasteiger partial charge in [-0.05, 0) is 36.8 Å². The Kier molecular flexibility index (Phi) is 7.20. The molecule has 7 heteroatoms. The summed E-state index contributed by atoms with van der Waals surface area (Å²) in [4.78, 5) is 9.29. The van der Waals surface area contributed by atoms with E-state index in [1.807, 2.05) is 12.1 Å². The summed E-state index contributed by atoms with van der Waals surface area (Å²) in [5.41, 5.74) is 1.09. The minimum Gasteiger partial charge on any atom is -0.379 e. The van der Waals surface area contributed by atoms with Crippen molar-refractivity contribution in [3.8, 4) is 0 Å². The largest absolute Gasteiger partial charge is 0.379 e. The van der Waals surface area contributed by atoms with E-state index in [1.165, 1.54) is 21.9 Å². The van der Waals surface area contributed by atoms with Gasteiger partial charge in [0.2, 0.25) is 0 Å². The van der Waals surface area contributed by atoms with Gasteiger partial charge in [-0.3, -0.25) is 9.89 Å². The molecule has 0 spiro atoms. The summed E-state index contributed by atoms with van der Waals surface area (Å²) < 4.78 is 18.8. The lowest BCUT2D eigenvalue weighted by Crippen LogP contribution is -2.46. The molecule has 0 radical (unpaired) electrons. The first-order chi connectivity index (χ1) is 13.2. The predicted molar refractivity (Wildman–Crippen MR) is 109 cm³/mol. The van der Waals surface area contributed by atoms with Crippen LogP contribution >= 0.6 is 11.3 Å². The van der Waals surface area contributed by atoms with E-state index in [0.717, 1.165) is 44.4 Å². The lowest BCUT2D eigenvalue weighted by atomic mass is 10.0. The van der Waals surface area contributed by atoms with Crippen LogP contribution in [0.3, 0.4) is 0 Å². The summed E-state index contributed by atoms with van der Waals surface area (Å²) in [6.45, 7) is 6.72. The van der Waals surface area contributed by atoms with E-state index in [1.54, 1.807) is 18.4 Å². The van der Waals surface area contributed by atoms with E-state index in [2.05, 4.69) is 39.6 Å². The van der Waals surface area contributed by atoms with E-state index < -0.39 is 0 Å². The van der Waals surface area contributed by atoms with Crippen LogP contribution in [0.1, 0.15) is 21.4 Å². The summed E-state index contributed by atoms with van der Waals surface area (Å²) in [6, 6.07) is 11.2. The highest BCUT2D eigenvalue weighted by molar-refractivity contribution is 7.11.